The molecule has 0 aromatic heterocycles. The highest BCUT2D eigenvalue weighted by Gasteiger charge is 1.95. The molecule has 0 fully saturated rings. The molecule has 18 heavy (non-hydrogen) atoms. The molecule has 0 saturated carbocycles. The number of aliphatic imine (C=N–C) groups is 1. The quantitative estimate of drug-likeness (QED) is 0.738. The Bertz CT molecular complexity index is 616. The van der Waals surface area contributed by atoms with Crippen molar-refractivity contribution in [1.82, 2.24) is 0 Å². The summed E-state index contributed by atoms with van der Waals surface area (Å²) in [5.74, 6) is 0. The number of para-hydroxylation sites is 1. The van der Waals surface area contributed by atoms with Gasteiger partial charge in [-0.15, -0.1) is 0 Å². The summed E-state index contributed by atoms with van der Waals surface area (Å²) >= 11 is 0. The van der Waals surface area contributed by atoms with Gasteiger partial charge in [0.2, 0.25) is 0 Å². The first-order chi connectivity index (χ1) is 8.83. The highest BCUT2D eigenvalue weighted by Crippen LogP contribution is 2.19. The Hall–Kier alpha value is -2.66. The van der Waals surface area contributed by atoms with Crippen LogP contribution in [0.5, 0.6) is 0 Å². The third-order valence-corrected chi connectivity index (χ3v) is 2.55. The third kappa shape index (κ3) is 2.72. The van der Waals surface area contributed by atoms with Crippen molar-refractivity contribution in [2.24, 2.45) is 4.99 Å². The van der Waals surface area contributed by atoms with Crippen LogP contribution in [0, 0.1) is 11.3 Å². The Balaban J connectivity index is 2.24. The predicted octanol–water partition coefficient (Wildman–Crippen LogP) is 3.95. The van der Waals surface area contributed by atoms with Crippen LogP contribution in [-0.2, 0) is 0 Å². The maximum Gasteiger partial charge on any atom is 0.0991 e. The molecule has 2 heteroatoms. The summed E-state index contributed by atoms with van der Waals surface area (Å²) in [6.45, 7) is 3.76. The maximum absolute atomic E-state index is 8.71. The minimum absolute atomic E-state index is 0.652. The average Bonchev–Trinajstić information content (AvgIpc) is 2.46. The summed E-state index contributed by atoms with van der Waals surface area (Å²) in [6.07, 6.45) is 3.56. The molecule has 0 aliphatic carbocycles. The highest BCUT2D eigenvalue weighted by molar-refractivity contribution is 5.83. The van der Waals surface area contributed by atoms with Crippen LogP contribution in [0.4, 0.5) is 5.69 Å². The van der Waals surface area contributed by atoms with E-state index in [1.165, 1.54) is 0 Å². The van der Waals surface area contributed by atoms with Crippen LogP contribution in [0.15, 0.2) is 60.1 Å². The van der Waals surface area contributed by atoms with E-state index in [1.54, 1.807) is 24.4 Å². The number of benzene rings is 2. The first-order valence-corrected chi connectivity index (χ1v) is 5.59. The van der Waals surface area contributed by atoms with Gasteiger partial charge in [0, 0.05) is 6.21 Å². The number of hydrogen-bond donors (Lipinski definition) is 0. The first kappa shape index (κ1) is 11.8. The van der Waals surface area contributed by atoms with Gasteiger partial charge in [-0.25, -0.2) is 0 Å². The summed E-state index contributed by atoms with van der Waals surface area (Å²) in [5, 5.41) is 8.71. The molecule has 0 aliphatic heterocycles. The van der Waals surface area contributed by atoms with Crippen LogP contribution in [0.3, 0.4) is 0 Å². The summed E-state index contributed by atoms with van der Waals surface area (Å²) in [6, 6.07) is 17.2. The Morgan fingerprint density at radius 1 is 1.06 bits per heavy atom. The van der Waals surface area contributed by atoms with Crippen molar-refractivity contribution in [3.63, 3.8) is 0 Å². The second kappa shape index (κ2) is 5.60. The van der Waals surface area contributed by atoms with Gasteiger partial charge >= 0.3 is 0 Å². The minimum Gasteiger partial charge on any atom is -0.256 e. The minimum atomic E-state index is 0.652. The van der Waals surface area contributed by atoms with Crippen LogP contribution in [-0.4, -0.2) is 6.21 Å². The lowest BCUT2D eigenvalue weighted by Crippen LogP contribution is -1.82. The standard InChI is InChI=1S/C16H12N2/c1-2-15-5-3-4-6-16(15)18-12-14-9-7-13(11-17)8-10-14/h2-10,12H,1H2/b18-12+. The number of rotatable bonds is 3. The number of nitrogens with zero attached hydrogens (tertiary/aromatic N) is 2. The second-order valence-corrected chi connectivity index (χ2v) is 3.75. The fourth-order valence-electron chi connectivity index (χ4n) is 1.57. The van der Waals surface area contributed by atoms with Crippen LogP contribution >= 0.6 is 0 Å². The van der Waals surface area contributed by atoms with Gasteiger partial charge in [0.1, 0.15) is 0 Å². The molecular formula is C16H12N2. The van der Waals surface area contributed by atoms with E-state index in [2.05, 4.69) is 17.6 Å². The number of hydrogen-bond acceptors (Lipinski definition) is 2. The zero-order valence-electron chi connectivity index (χ0n) is 9.88. The van der Waals surface area contributed by atoms with Crippen molar-refractivity contribution < 1.29 is 0 Å². The molecule has 2 aromatic carbocycles. The normalized spacial score (nSPS) is 10.2. The van der Waals surface area contributed by atoms with Crippen molar-refractivity contribution >= 4 is 18.0 Å². The van der Waals surface area contributed by atoms with Gasteiger partial charge in [0.25, 0.3) is 0 Å². The van der Waals surface area contributed by atoms with Gasteiger partial charge in [-0.1, -0.05) is 43.0 Å². The summed E-state index contributed by atoms with van der Waals surface area (Å²) in [4.78, 5) is 4.42. The van der Waals surface area contributed by atoms with E-state index < -0.39 is 0 Å². The van der Waals surface area contributed by atoms with Crippen molar-refractivity contribution in [3.05, 3.63) is 71.8 Å². The van der Waals surface area contributed by atoms with Gasteiger partial charge in [-0.05, 0) is 29.3 Å². The van der Waals surface area contributed by atoms with Crippen molar-refractivity contribution in [3.8, 4) is 6.07 Å². The lowest BCUT2D eigenvalue weighted by atomic mass is 10.1. The lowest BCUT2D eigenvalue weighted by Gasteiger charge is -1.99. The van der Waals surface area contributed by atoms with E-state index >= 15 is 0 Å². The number of nitriles is 1. The molecule has 86 valence electrons. The van der Waals surface area contributed by atoms with Gasteiger partial charge in [-0.2, -0.15) is 5.26 Å². The molecule has 0 radical (unpaired) electrons. The molecule has 2 aromatic rings. The molecule has 0 N–H and O–H groups in total. The molecule has 0 unspecified atom stereocenters. The van der Waals surface area contributed by atoms with Gasteiger partial charge in [-0.3, -0.25) is 4.99 Å². The Labute approximate surface area is 107 Å². The van der Waals surface area contributed by atoms with Crippen LogP contribution in [0.1, 0.15) is 16.7 Å². The van der Waals surface area contributed by atoms with Gasteiger partial charge < -0.3 is 0 Å². The van der Waals surface area contributed by atoms with E-state index in [9.17, 15) is 0 Å². The van der Waals surface area contributed by atoms with E-state index in [1.807, 2.05) is 36.4 Å². The summed E-state index contributed by atoms with van der Waals surface area (Å²) in [5.41, 5.74) is 3.51. The maximum atomic E-state index is 8.71. The zero-order valence-corrected chi connectivity index (χ0v) is 9.88. The monoisotopic (exact) mass is 232 g/mol. The molecular weight excluding hydrogens is 220 g/mol. The SMILES string of the molecule is C=Cc1ccccc1/N=C/c1ccc(C#N)cc1. The largest absolute Gasteiger partial charge is 0.256 e. The molecule has 0 heterocycles. The van der Waals surface area contributed by atoms with E-state index in [0.29, 0.717) is 5.56 Å². The Morgan fingerprint density at radius 2 is 1.78 bits per heavy atom. The molecule has 2 rings (SSSR count). The zero-order chi connectivity index (χ0) is 12.8. The van der Waals surface area contributed by atoms with Gasteiger partial charge in [0.05, 0.1) is 17.3 Å². The first-order valence-electron chi connectivity index (χ1n) is 5.59. The van der Waals surface area contributed by atoms with Crippen LogP contribution in [0.25, 0.3) is 6.08 Å². The lowest BCUT2D eigenvalue weighted by molar-refractivity contribution is 1.47. The van der Waals surface area contributed by atoms with E-state index in [4.69, 9.17) is 5.26 Å². The topological polar surface area (TPSA) is 36.1 Å². The van der Waals surface area contributed by atoms with Crippen molar-refractivity contribution in [2.75, 3.05) is 0 Å². The fraction of sp³-hybridized carbons (Fsp3) is 0. The molecule has 0 aliphatic rings. The van der Waals surface area contributed by atoms with Crippen LogP contribution in [0.2, 0.25) is 0 Å². The van der Waals surface area contributed by atoms with Crippen molar-refractivity contribution in [1.29, 1.82) is 5.26 Å². The molecule has 2 nitrogen and oxygen atoms in total. The highest BCUT2D eigenvalue weighted by atomic mass is 14.7. The Morgan fingerprint density at radius 3 is 2.44 bits per heavy atom. The second-order valence-electron chi connectivity index (χ2n) is 3.75. The predicted molar refractivity (Wildman–Crippen MR) is 74.9 cm³/mol. The van der Waals surface area contributed by atoms with Gasteiger partial charge in [0.15, 0.2) is 0 Å². The van der Waals surface area contributed by atoms with E-state index in [0.717, 1.165) is 16.8 Å². The molecule has 0 spiro atoms. The van der Waals surface area contributed by atoms with Crippen LogP contribution < -0.4 is 0 Å². The summed E-state index contributed by atoms with van der Waals surface area (Å²) < 4.78 is 0. The Kier molecular flexibility index (Phi) is 3.68. The average molecular weight is 232 g/mol. The molecule has 0 bridgehead atoms. The third-order valence-electron chi connectivity index (χ3n) is 2.55. The molecule has 0 saturated heterocycles. The molecule has 0 atom stereocenters. The summed E-state index contributed by atoms with van der Waals surface area (Å²) in [7, 11) is 0. The fourth-order valence-corrected chi connectivity index (χ4v) is 1.57. The van der Waals surface area contributed by atoms with E-state index in [-0.39, 0.29) is 0 Å². The molecule has 0 amide bonds. The smallest absolute Gasteiger partial charge is 0.0991 e. The van der Waals surface area contributed by atoms with Crippen molar-refractivity contribution in [2.45, 2.75) is 0 Å².